The van der Waals surface area contributed by atoms with Crippen molar-refractivity contribution in [1.29, 1.82) is 0 Å². The van der Waals surface area contributed by atoms with Gasteiger partial charge in [0, 0.05) is 31.5 Å². The number of ether oxygens (including phenoxy) is 1. The Morgan fingerprint density at radius 1 is 1.50 bits per heavy atom. The highest BCUT2D eigenvalue weighted by Crippen LogP contribution is 2.30. The van der Waals surface area contributed by atoms with E-state index in [0.29, 0.717) is 17.9 Å². The van der Waals surface area contributed by atoms with Gasteiger partial charge in [0.15, 0.2) is 0 Å². The molecule has 1 heterocycles. The predicted octanol–water partition coefficient (Wildman–Crippen LogP) is 2.05. The first kappa shape index (κ1) is 11.6. The summed E-state index contributed by atoms with van der Waals surface area (Å²) >= 11 is 5.87. The van der Waals surface area contributed by atoms with Crippen LogP contribution >= 0.6 is 11.6 Å². The minimum absolute atomic E-state index is 0.318. The van der Waals surface area contributed by atoms with Crippen molar-refractivity contribution < 1.29 is 4.74 Å². The molecule has 0 aromatic carbocycles. The summed E-state index contributed by atoms with van der Waals surface area (Å²) in [6.07, 6.45) is 2.45. The van der Waals surface area contributed by atoms with Gasteiger partial charge >= 0.3 is 0 Å². The van der Waals surface area contributed by atoms with Gasteiger partial charge in [-0.1, -0.05) is 0 Å². The van der Waals surface area contributed by atoms with Gasteiger partial charge < -0.3 is 9.64 Å². The minimum Gasteiger partial charge on any atom is -0.383 e. The van der Waals surface area contributed by atoms with Crippen molar-refractivity contribution >= 4 is 17.4 Å². The Kier molecular flexibility index (Phi) is 3.61. The normalized spacial score (nSPS) is 15.2. The molecular weight excluding hydrogens is 226 g/mol. The second kappa shape index (κ2) is 4.97. The smallest absolute Gasteiger partial charge is 0.224 e. The summed E-state index contributed by atoms with van der Waals surface area (Å²) in [6.45, 7) is 3.49. The zero-order chi connectivity index (χ0) is 11.5. The van der Waals surface area contributed by atoms with E-state index in [0.717, 1.165) is 18.1 Å². The van der Waals surface area contributed by atoms with Gasteiger partial charge in [0.05, 0.1) is 6.61 Å². The highest BCUT2D eigenvalue weighted by Gasteiger charge is 2.30. The number of halogens is 1. The average Bonchev–Trinajstić information content (AvgIpc) is 3.01. The molecule has 0 atom stereocenters. The molecular formula is C11H16ClN3O. The molecule has 1 saturated carbocycles. The molecule has 0 amide bonds. The monoisotopic (exact) mass is 241 g/mol. The van der Waals surface area contributed by atoms with E-state index in [9.17, 15) is 0 Å². The summed E-state index contributed by atoms with van der Waals surface area (Å²) in [5.74, 6) is 0.914. The van der Waals surface area contributed by atoms with Crippen LogP contribution in [0.15, 0.2) is 6.07 Å². The van der Waals surface area contributed by atoms with E-state index in [-0.39, 0.29) is 0 Å². The van der Waals surface area contributed by atoms with Gasteiger partial charge in [-0.15, -0.1) is 0 Å². The van der Waals surface area contributed by atoms with E-state index in [4.69, 9.17) is 16.3 Å². The fourth-order valence-corrected chi connectivity index (χ4v) is 1.94. The molecule has 0 saturated heterocycles. The standard InChI is InChI=1S/C11H16ClN3O/c1-8-7-10(14-11(12)13-8)15(5-6-16-2)9-3-4-9/h7,9H,3-6H2,1-2H3. The number of nitrogens with zero attached hydrogens (tertiary/aromatic N) is 3. The summed E-state index contributed by atoms with van der Waals surface area (Å²) in [4.78, 5) is 10.6. The van der Waals surface area contributed by atoms with Gasteiger partial charge in [0.2, 0.25) is 5.28 Å². The van der Waals surface area contributed by atoms with Crippen LogP contribution in [0.5, 0.6) is 0 Å². The van der Waals surface area contributed by atoms with Gasteiger partial charge in [-0.05, 0) is 31.4 Å². The summed E-state index contributed by atoms with van der Waals surface area (Å²) < 4.78 is 5.11. The Balaban J connectivity index is 2.16. The van der Waals surface area contributed by atoms with Crippen LogP contribution in [0.3, 0.4) is 0 Å². The maximum atomic E-state index is 5.87. The third-order valence-corrected chi connectivity index (χ3v) is 2.80. The number of anilines is 1. The maximum absolute atomic E-state index is 5.87. The second-order valence-electron chi connectivity index (χ2n) is 4.05. The van der Waals surface area contributed by atoms with E-state index in [1.165, 1.54) is 12.8 Å². The van der Waals surface area contributed by atoms with Crippen molar-refractivity contribution in [2.45, 2.75) is 25.8 Å². The molecule has 0 spiro atoms. The van der Waals surface area contributed by atoms with Crippen molar-refractivity contribution in [3.63, 3.8) is 0 Å². The minimum atomic E-state index is 0.318. The highest BCUT2D eigenvalue weighted by atomic mass is 35.5. The number of hydrogen-bond donors (Lipinski definition) is 0. The fourth-order valence-electron chi connectivity index (χ4n) is 1.72. The Bertz CT molecular complexity index is 348. The molecule has 0 radical (unpaired) electrons. The number of methoxy groups -OCH3 is 1. The SMILES string of the molecule is COCCN(c1cc(C)nc(Cl)n1)C1CC1. The topological polar surface area (TPSA) is 38.2 Å². The first-order valence-electron chi connectivity index (χ1n) is 5.47. The van der Waals surface area contributed by atoms with Crippen LogP contribution in [-0.4, -0.2) is 36.3 Å². The predicted molar refractivity (Wildman–Crippen MR) is 64.0 cm³/mol. The number of hydrogen-bond acceptors (Lipinski definition) is 4. The highest BCUT2D eigenvalue weighted by molar-refractivity contribution is 6.28. The molecule has 16 heavy (non-hydrogen) atoms. The lowest BCUT2D eigenvalue weighted by molar-refractivity contribution is 0.204. The molecule has 1 aliphatic rings. The van der Waals surface area contributed by atoms with Gasteiger partial charge in [0.25, 0.3) is 0 Å². The lowest BCUT2D eigenvalue weighted by Gasteiger charge is -2.23. The quantitative estimate of drug-likeness (QED) is 0.740. The summed E-state index contributed by atoms with van der Waals surface area (Å²) in [5.41, 5.74) is 0.901. The van der Waals surface area contributed by atoms with Crippen molar-refractivity contribution in [3.05, 3.63) is 17.0 Å². The molecule has 0 unspecified atom stereocenters. The molecule has 0 aliphatic heterocycles. The molecule has 0 bridgehead atoms. The average molecular weight is 242 g/mol. The van der Waals surface area contributed by atoms with Gasteiger partial charge in [-0.25, -0.2) is 9.97 Å². The van der Waals surface area contributed by atoms with E-state index >= 15 is 0 Å². The molecule has 1 aromatic heterocycles. The number of aryl methyl sites for hydroxylation is 1. The summed E-state index contributed by atoms with van der Waals surface area (Å²) in [7, 11) is 1.71. The van der Waals surface area contributed by atoms with E-state index in [2.05, 4.69) is 14.9 Å². The van der Waals surface area contributed by atoms with Gasteiger partial charge in [-0.3, -0.25) is 0 Å². The Morgan fingerprint density at radius 2 is 2.25 bits per heavy atom. The van der Waals surface area contributed by atoms with Gasteiger partial charge in [-0.2, -0.15) is 0 Å². The molecule has 1 aromatic rings. The summed E-state index contributed by atoms with van der Waals surface area (Å²) in [5, 5.41) is 0.318. The van der Waals surface area contributed by atoms with Crippen LogP contribution in [0.4, 0.5) is 5.82 Å². The molecule has 0 N–H and O–H groups in total. The zero-order valence-electron chi connectivity index (χ0n) is 9.61. The zero-order valence-corrected chi connectivity index (χ0v) is 10.4. The molecule has 1 aliphatic carbocycles. The van der Waals surface area contributed by atoms with Gasteiger partial charge in [0.1, 0.15) is 5.82 Å². The molecule has 4 nitrogen and oxygen atoms in total. The van der Waals surface area contributed by atoms with Crippen LogP contribution in [0, 0.1) is 6.92 Å². The second-order valence-corrected chi connectivity index (χ2v) is 4.39. The maximum Gasteiger partial charge on any atom is 0.224 e. The molecule has 2 rings (SSSR count). The van der Waals surface area contributed by atoms with E-state index in [1.807, 2.05) is 13.0 Å². The van der Waals surface area contributed by atoms with Crippen molar-refractivity contribution in [1.82, 2.24) is 9.97 Å². The van der Waals surface area contributed by atoms with Crippen LogP contribution < -0.4 is 4.90 Å². The van der Waals surface area contributed by atoms with Crippen molar-refractivity contribution in [2.24, 2.45) is 0 Å². The Morgan fingerprint density at radius 3 is 2.81 bits per heavy atom. The third-order valence-electron chi connectivity index (χ3n) is 2.63. The molecule has 88 valence electrons. The fraction of sp³-hybridized carbons (Fsp3) is 0.636. The van der Waals surface area contributed by atoms with Crippen molar-refractivity contribution in [2.75, 3.05) is 25.2 Å². The van der Waals surface area contributed by atoms with Crippen LogP contribution in [-0.2, 0) is 4.74 Å². The van der Waals surface area contributed by atoms with E-state index in [1.54, 1.807) is 7.11 Å². The molecule has 1 fully saturated rings. The molecule has 5 heteroatoms. The van der Waals surface area contributed by atoms with E-state index < -0.39 is 0 Å². The largest absolute Gasteiger partial charge is 0.383 e. The van der Waals surface area contributed by atoms with Crippen LogP contribution in [0.25, 0.3) is 0 Å². The third kappa shape index (κ3) is 2.83. The first-order chi connectivity index (χ1) is 7.70. The van der Waals surface area contributed by atoms with Crippen LogP contribution in [0.2, 0.25) is 5.28 Å². The number of aromatic nitrogens is 2. The lowest BCUT2D eigenvalue weighted by atomic mass is 10.3. The number of rotatable bonds is 5. The summed E-state index contributed by atoms with van der Waals surface area (Å²) in [6, 6.07) is 2.57. The first-order valence-corrected chi connectivity index (χ1v) is 5.85. The Labute approximate surface area is 101 Å². The van der Waals surface area contributed by atoms with Crippen LogP contribution in [0.1, 0.15) is 18.5 Å². The van der Waals surface area contributed by atoms with Crippen molar-refractivity contribution in [3.8, 4) is 0 Å². The lowest BCUT2D eigenvalue weighted by Crippen LogP contribution is -2.30. The Hall–Kier alpha value is -0.870.